The summed E-state index contributed by atoms with van der Waals surface area (Å²) >= 11 is 1.61. The smallest absolute Gasteiger partial charge is 0.264 e. The SMILES string of the molecule is O=C(CSCc1ccccc1)N[C@@H]1CCc2n[nH]c(=O)cc2C1. The molecule has 3 rings (SSSR count). The number of benzene rings is 1. The molecular formula is C17H19N3O2S. The molecule has 1 heterocycles. The summed E-state index contributed by atoms with van der Waals surface area (Å²) in [6, 6.07) is 11.8. The summed E-state index contributed by atoms with van der Waals surface area (Å²) in [6.45, 7) is 0. The second kappa shape index (κ2) is 7.46. The summed E-state index contributed by atoms with van der Waals surface area (Å²) in [6.07, 6.45) is 2.33. The first-order valence-electron chi connectivity index (χ1n) is 7.69. The van der Waals surface area contributed by atoms with E-state index in [1.807, 2.05) is 18.2 Å². The van der Waals surface area contributed by atoms with E-state index >= 15 is 0 Å². The van der Waals surface area contributed by atoms with E-state index in [0.29, 0.717) is 12.2 Å². The Morgan fingerprint density at radius 3 is 3.00 bits per heavy atom. The molecule has 0 fully saturated rings. The fourth-order valence-corrected chi connectivity index (χ4v) is 3.57. The number of nitrogens with zero attached hydrogens (tertiary/aromatic N) is 1. The summed E-state index contributed by atoms with van der Waals surface area (Å²) in [5, 5.41) is 9.59. The highest BCUT2D eigenvalue weighted by atomic mass is 32.2. The Labute approximate surface area is 138 Å². The molecule has 6 heteroatoms. The predicted octanol–water partition coefficient (Wildman–Crippen LogP) is 1.68. The fourth-order valence-electron chi connectivity index (χ4n) is 2.77. The van der Waals surface area contributed by atoms with Crippen molar-refractivity contribution < 1.29 is 4.79 Å². The summed E-state index contributed by atoms with van der Waals surface area (Å²) in [7, 11) is 0. The van der Waals surface area contributed by atoms with Crippen LogP contribution in [0.5, 0.6) is 0 Å². The molecule has 1 atom stereocenters. The lowest BCUT2D eigenvalue weighted by Crippen LogP contribution is -2.40. The summed E-state index contributed by atoms with van der Waals surface area (Å²) in [5.41, 5.74) is 2.92. The van der Waals surface area contributed by atoms with Crippen LogP contribution in [-0.2, 0) is 23.4 Å². The minimum Gasteiger partial charge on any atom is -0.352 e. The lowest BCUT2D eigenvalue weighted by molar-refractivity contribution is -0.119. The Kier molecular flexibility index (Phi) is 5.12. The van der Waals surface area contributed by atoms with E-state index in [4.69, 9.17) is 0 Å². The van der Waals surface area contributed by atoms with Crippen molar-refractivity contribution in [1.82, 2.24) is 15.5 Å². The maximum Gasteiger partial charge on any atom is 0.264 e. The third-order valence-corrected chi connectivity index (χ3v) is 4.89. The molecule has 2 N–H and O–H groups in total. The van der Waals surface area contributed by atoms with E-state index in [2.05, 4.69) is 27.6 Å². The number of thioether (sulfide) groups is 1. The number of nitrogens with one attached hydrogen (secondary N) is 2. The number of H-pyrrole nitrogens is 1. The zero-order chi connectivity index (χ0) is 16.1. The van der Waals surface area contributed by atoms with Crippen LogP contribution in [0.25, 0.3) is 0 Å². The van der Waals surface area contributed by atoms with Gasteiger partial charge in [0.1, 0.15) is 0 Å². The van der Waals surface area contributed by atoms with Crippen molar-refractivity contribution in [3.8, 4) is 0 Å². The molecule has 23 heavy (non-hydrogen) atoms. The molecular weight excluding hydrogens is 310 g/mol. The van der Waals surface area contributed by atoms with E-state index in [9.17, 15) is 9.59 Å². The van der Waals surface area contributed by atoms with Gasteiger partial charge in [0, 0.05) is 17.9 Å². The zero-order valence-corrected chi connectivity index (χ0v) is 13.6. The molecule has 0 aliphatic heterocycles. The molecule has 1 aliphatic carbocycles. The molecule has 120 valence electrons. The number of amides is 1. The molecule has 1 aromatic heterocycles. The maximum atomic E-state index is 12.1. The van der Waals surface area contributed by atoms with Gasteiger partial charge in [-0.1, -0.05) is 30.3 Å². The Morgan fingerprint density at radius 2 is 2.17 bits per heavy atom. The second-order valence-electron chi connectivity index (χ2n) is 5.69. The van der Waals surface area contributed by atoms with Gasteiger partial charge in [-0.25, -0.2) is 5.10 Å². The van der Waals surface area contributed by atoms with Crippen LogP contribution in [0.3, 0.4) is 0 Å². The first-order valence-corrected chi connectivity index (χ1v) is 8.84. The Balaban J connectivity index is 1.46. The molecule has 1 aromatic carbocycles. The summed E-state index contributed by atoms with van der Waals surface area (Å²) < 4.78 is 0. The highest BCUT2D eigenvalue weighted by Gasteiger charge is 2.21. The van der Waals surface area contributed by atoms with Crippen molar-refractivity contribution in [3.05, 3.63) is 63.6 Å². The fraction of sp³-hybridized carbons (Fsp3) is 0.353. The van der Waals surface area contributed by atoms with Gasteiger partial charge >= 0.3 is 0 Å². The molecule has 0 saturated carbocycles. The maximum absolute atomic E-state index is 12.1. The van der Waals surface area contributed by atoms with Gasteiger partial charge in [-0.05, 0) is 30.4 Å². The number of rotatable bonds is 5. The monoisotopic (exact) mass is 329 g/mol. The molecule has 0 radical (unpaired) electrons. The van der Waals surface area contributed by atoms with Gasteiger partial charge in [-0.15, -0.1) is 11.8 Å². The van der Waals surface area contributed by atoms with Crippen molar-refractivity contribution in [1.29, 1.82) is 0 Å². The number of aromatic amines is 1. The molecule has 1 amide bonds. The van der Waals surface area contributed by atoms with E-state index in [1.165, 1.54) is 5.56 Å². The van der Waals surface area contributed by atoms with Gasteiger partial charge in [0.25, 0.3) is 5.56 Å². The van der Waals surface area contributed by atoms with Crippen LogP contribution in [0, 0.1) is 0 Å². The first-order chi connectivity index (χ1) is 11.2. The minimum absolute atomic E-state index is 0.0529. The predicted molar refractivity (Wildman–Crippen MR) is 91.4 cm³/mol. The van der Waals surface area contributed by atoms with E-state index < -0.39 is 0 Å². The van der Waals surface area contributed by atoms with E-state index in [1.54, 1.807) is 17.8 Å². The molecule has 0 spiro atoms. The third kappa shape index (κ3) is 4.45. The molecule has 0 bridgehead atoms. The van der Waals surface area contributed by atoms with Crippen LogP contribution < -0.4 is 10.9 Å². The quantitative estimate of drug-likeness (QED) is 0.875. The second-order valence-corrected chi connectivity index (χ2v) is 6.68. The minimum atomic E-state index is -0.186. The van der Waals surface area contributed by atoms with E-state index in [0.717, 1.165) is 29.9 Å². The Bertz CT molecular complexity index is 730. The van der Waals surface area contributed by atoms with Crippen molar-refractivity contribution in [2.75, 3.05) is 5.75 Å². The molecule has 2 aromatic rings. The molecule has 5 nitrogen and oxygen atoms in total. The highest BCUT2D eigenvalue weighted by Crippen LogP contribution is 2.18. The van der Waals surface area contributed by atoms with Gasteiger partial charge in [0.2, 0.25) is 5.91 Å². The van der Waals surface area contributed by atoms with Gasteiger partial charge in [-0.3, -0.25) is 9.59 Å². The largest absolute Gasteiger partial charge is 0.352 e. The normalized spacial score (nSPS) is 16.6. The molecule has 0 saturated heterocycles. The van der Waals surface area contributed by atoms with Gasteiger partial charge < -0.3 is 5.32 Å². The number of aryl methyl sites for hydroxylation is 1. The van der Waals surface area contributed by atoms with Crippen LogP contribution in [0.15, 0.2) is 41.2 Å². The van der Waals surface area contributed by atoms with Crippen molar-refractivity contribution >= 4 is 17.7 Å². The number of aromatic nitrogens is 2. The van der Waals surface area contributed by atoms with Crippen LogP contribution in [-0.4, -0.2) is 27.9 Å². The standard InChI is InChI=1S/C17H19N3O2S/c21-16-9-13-8-14(6-7-15(13)19-20-16)18-17(22)11-23-10-12-4-2-1-3-5-12/h1-5,9,14H,6-8,10-11H2,(H,18,22)(H,20,21)/t14-/m1/s1. The van der Waals surface area contributed by atoms with Crippen molar-refractivity contribution in [3.63, 3.8) is 0 Å². The van der Waals surface area contributed by atoms with Crippen LogP contribution in [0.1, 0.15) is 23.2 Å². The number of carbonyl (C=O) groups is 1. The van der Waals surface area contributed by atoms with Gasteiger partial charge in [-0.2, -0.15) is 5.10 Å². The Hall–Kier alpha value is -2.08. The lowest BCUT2D eigenvalue weighted by atomic mass is 9.92. The lowest BCUT2D eigenvalue weighted by Gasteiger charge is -2.24. The number of carbonyl (C=O) groups excluding carboxylic acids is 1. The highest BCUT2D eigenvalue weighted by molar-refractivity contribution is 7.99. The number of hydrogen-bond acceptors (Lipinski definition) is 4. The van der Waals surface area contributed by atoms with Gasteiger partial charge in [0.05, 0.1) is 11.4 Å². The zero-order valence-electron chi connectivity index (χ0n) is 12.7. The van der Waals surface area contributed by atoms with E-state index in [-0.39, 0.29) is 17.5 Å². The molecule has 1 aliphatic rings. The van der Waals surface area contributed by atoms with Crippen LogP contribution >= 0.6 is 11.8 Å². The molecule has 0 unspecified atom stereocenters. The van der Waals surface area contributed by atoms with Crippen LogP contribution in [0.4, 0.5) is 0 Å². The topological polar surface area (TPSA) is 74.8 Å². The number of fused-ring (bicyclic) bond motifs is 1. The first kappa shape index (κ1) is 15.8. The number of hydrogen-bond donors (Lipinski definition) is 2. The Morgan fingerprint density at radius 1 is 1.35 bits per heavy atom. The average molecular weight is 329 g/mol. The summed E-state index contributed by atoms with van der Waals surface area (Å²) in [4.78, 5) is 23.4. The van der Waals surface area contributed by atoms with Crippen molar-refractivity contribution in [2.45, 2.75) is 31.1 Å². The summed E-state index contributed by atoms with van der Waals surface area (Å²) in [5.74, 6) is 1.34. The average Bonchev–Trinajstić information content (AvgIpc) is 2.55. The van der Waals surface area contributed by atoms with Crippen molar-refractivity contribution in [2.24, 2.45) is 0 Å². The van der Waals surface area contributed by atoms with Gasteiger partial charge in [0.15, 0.2) is 0 Å². The van der Waals surface area contributed by atoms with Crippen LogP contribution in [0.2, 0.25) is 0 Å². The third-order valence-electron chi connectivity index (χ3n) is 3.88.